The molecule has 0 bridgehead atoms. The van der Waals surface area contributed by atoms with Gasteiger partial charge in [0.2, 0.25) is 11.8 Å². The molecule has 10 heteroatoms. The Morgan fingerprint density at radius 2 is 2.03 bits per heavy atom. The fourth-order valence-corrected chi connectivity index (χ4v) is 4.29. The summed E-state index contributed by atoms with van der Waals surface area (Å²) in [6.45, 7) is 1.50. The number of halogens is 1. The second-order valence-electron chi connectivity index (χ2n) is 7.85. The molecule has 0 aliphatic carbocycles. The van der Waals surface area contributed by atoms with Crippen LogP contribution in [-0.2, 0) is 29.1 Å². The van der Waals surface area contributed by atoms with Crippen molar-refractivity contribution in [3.8, 4) is 0 Å². The van der Waals surface area contributed by atoms with Crippen LogP contribution in [0, 0.1) is 5.92 Å². The van der Waals surface area contributed by atoms with Gasteiger partial charge in [-0.3, -0.25) is 14.2 Å². The summed E-state index contributed by atoms with van der Waals surface area (Å²) in [7, 11) is 0. The zero-order valence-electron chi connectivity index (χ0n) is 16.7. The van der Waals surface area contributed by atoms with Crippen molar-refractivity contribution >= 4 is 33.6 Å². The summed E-state index contributed by atoms with van der Waals surface area (Å²) >= 11 is 3.32. The molecule has 0 radical (unpaired) electrons. The third-order valence-electron chi connectivity index (χ3n) is 5.69. The largest absolute Gasteiger partial charge is 0.346 e. The first-order valence-electron chi connectivity index (χ1n) is 10.4. The van der Waals surface area contributed by atoms with E-state index in [9.17, 15) is 14.4 Å². The molecule has 1 saturated heterocycles. The molecule has 4 rings (SSSR count). The van der Waals surface area contributed by atoms with Gasteiger partial charge in [-0.2, -0.15) is 5.10 Å². The summed E-state index contributed by atoms with van der Waals surface area (Å²) < 4.78 is 3.80. The summed E-state index contributed by atoms with van der Waals surface area (Å²) in [4.78, 5) is 43.9. The van der Waals surface area contributed by atoms with E-state index in [-0.39, 0.29) is 30.0 Å². The van der Waals surface area contributed by atoms with Crippen molar-refractivity contribution in [3.63, 3.8) is 0 Å². The maximum Gasteiger partial charge on any atom is 0.346 e. The highest BCUT2D eigenvalue weighted by Gasteiger charge is 2.29. The molecule has 4 heterocycles. The first kappa shape index (κ1) is 20.8. The highest BCUT2D eigenvalue weighted by molar-refractivity contribution is 9.10. The second-order valence-corrected chi connectivity index (χ2v) is 8.76. The van der Waals surface area contributed by atoms with Crippen LogP contribution in [0.4, 0.5) is 5.82 Å². The van der Waals surface area contributed by atoms with Crippen LogP contribution in [0.1, 0.15) is 37.9 Å². The molecule has 30 heavy (non-hydrogen) atoms. The van der Waals surface area contributed by atoms with Gasteiger partial charge in [0.25, 0.3) is 0 Å². The standard InChI is InChI=1S/C20H25BrN6O3/c21-15-7-8-16(22-11-15)23-19(29)14-5-4-9-25(12-14)18(28)13-27-20(30)26-10-3-1-2-6-17(26)24-27/h7-8,11,14H,1-6,9-10,12-13H2,(H,22,23,29). The minimum atomic E-state index is -0.302. The molecule has 0 aromatic carbocycles. The Labute approximate surface area is 182 Å². The Morgan fingerprint density at radius 1 is 1.17 bits per heavy atom. The molecule has 2 aliphatic rings. The van der Waals surface area contributed by atoms with Crippen LogP contribution in [-0.4, -0.2) is 49.1 Å². The van der Waals surface area contributed by atoms with Crippen LogP contribution >= 0.6 is 15.9 Å². The van der Waals surface area contributed by atoms with Gasteiger partial charge in [-0.1, -0.05) is 6.42 Å². The summed E-state index contributed by atoms with van der Waals surface area (Å²) in [5.74, 6) is 0.627. The third-order valence-corrected chi connectivity index (χ3v) is 6.16. The van der Waals surface area contributed by atoms with E-state index in [1.165, 1.54) is 4.68 Å². The van der Waals surface area contributed by atoms with Crippen molar-refractivity contribution in [2.24, 2.45) is 5.92 Å². The van der Waals surface area contributed by atoms with Gasteiger partial charge in [-0.15, -0.1) is 0 Å². The number of anilines is 1. The van der Waals surface area contributed by atoms with E-state index in [0.29, 0.717) is 31.9 Å². The van der Waals surface area contributed by atoms with Crippen molar-refractivity contribution in [1.82, 2.24) is 24.2 Å². The van der Waals surface area contributed by atoms with E-state index in [2.05, 4.69) is 31.3 Å². The molecule has 1 N–H and O–H groups in total. The van der Waals surface area contributed by atoms with E-state index in [4.69, 9.17) is 0 Å². The molecule has 9 nitrogen and oxygen atoms in total. The predicted molar refractivity (Wildman–Crippen MR) is 114 cm³/mol. The normalized spacial score (nSPS) is 19.1. The van der Waals surface area contributed by atoms with Crippen molar-refractivity contribution < 1.29 is 9.59 Å². The Balaban J connectivity index is 1.38. The molecule has 2 aliphatic heterocycles. The topological polar surface area (TPSA) is 102 Å². The number of nitrogens with zero attached hydrogens (tertiary/aromatic N) is 5. The van der Waals surface area contributed by atoms with Crippen LogP contribution in [0.25, 0.3) is 0 Å². The number of rotatable bonds is 4. The first-order chi connectivity index (χ1) is 14.5. The summed E-state index contributed by atoms with van der Waals surface area (Å²) in [5, 5.41) is 7.21. The number of piperidine rings is 1. The summed E-state index contributed by atoms with van der Waals surface area (Å²) in [6, 6.07) is 3.53. The fourth-order valence-electron chi connectivity index (χ4n) is 4.05. The number of aryl methyl sites for hydroxylation is 1. The Kier molecular flexibility index (Phi) is 6.31. The van der Waals surface area contributed by atoms with E-state index in [0.717, 1.165) is 42.4 Å². The van der Waals surface area contributed by atoms with Crippen LogP contribution in [0.2, 0.25) is 0 Å². The molecule has 1 fully saturated rings. The van der Waals surface area contributed by atoms with Gasteiger partial charge in [0, 0.05) is 36.7 Å². The number of hydrogen-bond acceptors (Lipinski definition) is 5. The minimum Gasteiger partial charge on any atom is -0.340 e. The monoisotopic (exact) mass is 476 g/mol. The maximum absolute atomic E-state index is 12.8. The van der Waals surface area contributed by atoms with Crippen molar-refractivity contribution in [2.75, 3.05) is 18.4 Å². The van der Waals surface area contributed by atoms with E-state index in [1.807, 2.05) is 6.07 Å². The van der Waals surface area contributed by atoms with Crippen molar-refractivity contribution in [3.05, 3.63) is 39.1 Å². The maximum atomic E-state index is 12.8. The molecule has 2 amide bonds. The Bertz CT molecular complexity index is 983. The average molecular weight is 477 g/mol. The van der Waals surface area contributed by atoms with Gasteiger partial charge >= 0.3 is 5.69 Å². The van der Waals surface area contributed by atoms with Gasteiger partial charge in [0.05, 0.1) is 5.92 Å². The van der Waals surface area contributed by atoms with Crippen LogP contribution in [0.15, 0.2) is 27.6 Å². The Morgan fingerprint density at radius 3 is 2.83 bits per heavy atom. The van der Waals surface area contributed by atoms with Gasteiger partial charge < -0.3 is 10.2 Å². The molecule has 1 atom stereocenters. The number of amides is 2. The van der Waals surface area contributed by atoms with Gasteiger partial charge in [0.1, 0.15) is 18.2 Å². The fraction of sp³-hybridized carbons (Fsp3) is 0.550. The van der Waals surface area contributed by atoms with E-state index in [1.54, 1.807) is 21.7 Å². The van der Waals surface area contributed by atoms with Gasteiger partial charge in [-0.05, 0) is 53.7 Å². The quantitative estimate of drug-likeness (QED) is 0.724. The molecule has 2 aromatic heterocycles. The SMILES string of the molecule is O=C(Nc1ccc(Br)cn1)C1CCCN(C(=O)Cn2nc3n(c2=O)CCCCC3)C1. The van der Waals surface area contributed by atoms with E-state index >= 15 is 0 Å². The van der Waals surface area contributed by atoms with E-state index < -0.39 is 0 Å². The van der Waals surface area contributed by atoms with Crippen LogP contribution < -0.4 is 11.0 Å². The molecule has 160 valence electrons. The highest BCUT2D eigenvalue weighted by Crippen LogP contribution is 2.19. The average Bonchev–Trinajstić information content (AvgIpc) is 2.91. The van der Waals surface area contributed by atoms with Crippen LogP contribution in [0.5, 0.6) is 0 Å². The number of aromatic nitrogens is 4. The van der Waals surface area contributed by atoms with Gasteiger partial charge in [0.15, 0.2) is 0 Å². The smallest absolute Gasteiger partial charge is 0.340 e. The number of fused-ring (bicyclic) bond motifs is 1. The number of carbonyl (C=O) groups is 2. The lowest BCUT2D eigenvalue weighted by Gasteiger charge is -2.31. The number of carbonyl (C=O) groups excluding carboxylic acids is 2. The number of pyridine rings is 1. The number of likely N-dealkylation sites (tertiary alicyclic amines) is 1. The lowest BCUT2D eigenvalue weighted by Crippen LogP contribution is -2.45. The zero-order chi connectivity index (χ0) is 21.1. The lowest BCUT2D eigenvalue weighted by atomic mass is 9.97. The van der Waals surface area contributed by atoms with Gasteiger partial charge in [-0.25, -0.2) is 14.5 Å². The molecule has 0 saturated carbocycles. The summed E-state index contributed by atoms with van der Waals surface area (Å²) in [5.41, 5.74) is -0.215. The van der Waals surface area contributed by atoms with Crippen molar-refractivity contribution in [2.45, 2.75) is 51.6 Å². The van der Waals surface area contributed by atoms with Crippen LogP contribution in [0.3, 0.4) is 0 Å². The first-order valence-corrected chi connectivity index (χ1v) is 11.2. The molecular formula is C20H25BrN6O3. The predicted octanol–water partition coefficient (Wildman–Crippen LogP) is 1.81. The zero-order valence-corrected chi connectivity index (χ0v) is 18.3. The second kappa shape index (κ2) is 9.11. The number of hydrogen-bond donors (Lipinski definition) is 1. The molecule has 1 unspecified atom stereocenters. The molecule has 2 aromatic rings. The van der Waals surface area contributed by atoms with Crippen molar-refractivity contribution in [1.29, 1.82) is 0 Å². The lowest BCUT2D eigenvalue weighted by molar-refractivity contribution is -0.135. The molecule has 0 spiro atoms. The third kappa shape index (κ3) is 4.63. The highest BCUT2D eigenvalue weighted by atomic mass is 79.9. The minimum absolute atomic E-state index is 0.0819. The summed E-state index contributed by atoms with van der Waals surface area (Å²) in [6.07, 6.45) is 6.91. The number of nitrogens with one attached hydrogen (secondary N) is 1. The molecular weight excluding hydrogens is 452 g/mol. The Hall–Kier alpha value is -2.49.